The Balaban J connectivity index is 2.20. The third kappa shape index (κ3) is 3.82. The zero-order valence-corrected chi connectivity index (χ0v) is 13.2. The first kappa shape index (κ1) is 17.3. The van der Waals surface area contributed by atoms with Crippen molar-refractivity contribution in [2.45, 2.75) is 12.0 Å². The molecule has 0 fully saturated rings. The summed E-state index contributed by atoms with van der Waals surface area (Å²) in [4.78, 5) is 2.62. The molecule has 0 saturated heterocycles. The van der Waals surface area contributed by atoms with Crippen LogP contribution >= 0.6 is 0 Å². The van der Waals surface area contributed by atoms with Gasteiger partial charge < -0.3 is 20.3 Å². The number of benzene rings is 1. The second-order valence-electron chi connectivity index (χ2n) is 5.08. The molecule has 3 N–H and O–H groups in total. The lowest BCUT2D eigenvalue weighted by atomic mass is 9.78. The highest BCUT2D eigenvalue weighted by molar-refractivity contribution is 5.39. The predicted octanol–water partition coefficient (Wildman–Crippen LogP) is 2.55. The molecule has 24 heavy (non-hydrogen) atoms. The summed E-state index contributed by atoms with van der Waals surface area (Å²) in [5.41, 5.74) is 12.8. The molecule has 0 amide bonds. The van der Waals surface area contributed by atoms with E-state index in [0.29, 0.717) is 23.5 Å². The van der Waals surface area contributed by atoms with Crippen molar-refractivity contribution in [1.82, 2.24) is 0 Å². The molecular weight excluding hydrogens is 308 g/mol. The minimum Gasteiger partial charge on any atom is -0.497 e. The molecule has 2 unspecified atom stereocenters. The molecule has 0 bridgehead atoms. The number of methoxy groups -OCH3 is 1. The molecule has 0 saturated carbocycles. The Labute approximate surface area is 140 Å². The average molecular weight is 326 g/mol. The highest BCUT2D eigenvalue weighted by atomic mass is 16.5. The molecule has 1 aliphatic rings. The molecule has 0 heterocycles. The summed E-state index contributed by atoms with van der Waals surface area (Å²) in [5.74, 6) is 3.68. The van der Waals surface area contributed by atoms with E-state index in [2.05, 4.69) is 22.0 Å². The van der Waals surface area contributed by atoms with Gasteiger partial charge in [-0.25, -0.2) is 0 Å². The number of hydrogen-bond acceptors (Lipinski definition) is 5. The lowest BCUT2D eigenvalue weighted by Gasteiger charge is -2.31. The van der Waals surface area contributed by atoms with Gasteiger partial charge in [-0.3, -0.25) is 0 Å². The SMILES string of the molecule is COc1ccc(C(O)(C#CN)C2C=CC(OCN=[N+]=[N-])=CC2)cc1. The van der Waals surface area contributed by atoms with Crippen molar-refractivity contribution in [3.05, 3.63) is 64.3 Å². The second kappa shape index (κ2) is 7.97. The summed E-state index contributed by atoms with van der Waals surface area (Å²) >= 11 is 0. The summed E-state index contributed by atoms with van der Waals surface area (Å²) in [7, 11) is 1.58. The molecule has 0 radical (unpaired) electrons. The molecule has 1 aliphatic carbocycles. The zero-order chi connectivity index (χ0) is 17.4. The molecule has 0 aromatic heterocycles. The lowest BCUT2D eigenvalue weighted by Crippen LogP contribution is -2.33. The monoisotopic (exact) mass is 326 g/mol. The maximum atomic E-state index is 11.1. The van der Waals surface area contributed by atoms with E-state index in [1.165, 1.54) is 0 Å². The topological polar surface area (TPSA) is 113 Å². The maximum absolute atomic E-state index is 11.1. The standard InChI is InChI=1S/C17H18N4O3/c1-23-15-6-2-13(3-7-15)17(22,10-11-18)14-4-8-16(9-5-14)24-12-20-21-19/h2-4,6-9,14,22H,5,12,18H2,1H3. The van der Waals surface area contributed by atoms with E-state index < -0.39 is 5.60 Å². The highest BCUT2D eigenvalue weighted by Gasteiger charge is 2.36. The maximum Gasteiger partial charge on any atom is 0.167 e. The van der Waals surface area contributed by atoms with Crippen LogP contribution in [0.2, 0.25) is 0 Å². The molecule has 7 heteroatoms. The molecule has 0 aliphatic heterocycles. The molecule has 2 rings (SSSR count). The average Bonchev–Trinajstić information content (AvgIpc) is 2.62. The first-order chi connectivity index (χ1) is 11.6. The van der Waals surface area contributed by atoms with Gasteiger partial charge in [0.05, 0.1) is 7.11 Å². The Morgan fingerprint density at radius 3 is 2.75 bits per heavy atom. The van der Waals surface area contributed by atoms with Crippen LogP contribution in [0.3, 0.4) is 0 Å². The summed E-state index contributed by atoms with van der Waals surface area (Å²) in [6.45, 7) is -0.0807. The van der Waals surface area contributed by atoms with E-state index >= 15 is 0 Å². The van der Waals surface area contributed by atoms with Gasteiger partial charge in [0.15, 0.2) is 12.3 Å². The number of ether oxygens (including phenoxy) is 2. The summed E-state index contributed by atoms with van der Waals surface area (Å²) in [6, 6.07) is 9.35. The number of rotatable bonds is 6. The molecule has 2 atom stereocenters. The van der Waals surface area contributed by atoms with Crippen molar-refractivity contribution in [3.63, 3.8) is 0 Å². The van der Waals surface area contributed by atoms with Gasteiger partial charge in [-0.1, -0.05) is 23.3 Å². The van der Waals surface area contributed by atoms with E-state index in [1.54, 1.807) is 43.5 Å². The Kier molecular flexibility index (Phi) is 5.74. The van der Waals surface area contributed by atoms with Crippen molar-refractivity contribution in [3.8, 4) is 17.7 Å². The number of nitrogens with two attached hydrogens (primary N) is 1. The van der Waals surface area contributed by atoms with Crippen LogP contribution in [-0.2, 0) is 10.3 Å². The van der Waals surface area contributed by atoms with Crippen LogP contribution in [0.4, 0.5) is 0 Å². The number of aliphatic hydroxyl groups is 1. The van der Waals surface area contributed by atoms with E-state index in [4.69, 9.17) is 20.7 Å². The molecule has 1 aromatic rings. The van der Waals surface area contributed by atoms with Gasteiger partial charge in [0.2, 0.25) is 0 Å². The number of allylic oxidation sites excluding steroid dienone is 2. The van der Waals surface area contributed by atoms with Gasteiger partial charge in [0, 0.05) is 16.9 Å². The van der Waals surface area contributed by atoms with Gasteiger partial charge >= 0.3 is 0 Å². The Bertz CT molecular complexity index is 739. The summed E-state index contributed by atoms with van der Waals surface area (Å²) in [6.07, 6.45) is 5.83. The van der Waals surface area contributed by atoms with E-state index in [1.807, 2.05) is 6.08 Å². The van der Waals surface area contributed by atoms with Crippen LogP contribution in [0.25, 0.3) is 10.4 Å². The van der Waals surface area contributed by atoms with Gasteiger partial charge in [-0.2, -0.15) is 0 Å². The van der Waals surface area contributed by atoms with Crippen LogP contribution in [0.1, 0.15) is 12.0 Å². The van der Waals surface area contributed by atoms with Crippen LogP contribution < -0.4 is 10.5 Å². The first-order valence-corrected chi connectivity index (χ1v) is 7.25. The smallest absolute Gasteiger partial charge is 0.167 e. The number of nitrogens with zero attached hydrogens (tertiary/aromatic N) is 3. The fourth-order valence-corrected chi connectivity index (χ4v) is 2.48. The highest BCUT2D eigenvalue weighted by Crippen LogP contribution is 2.36. The van der Waals surface area contributed by atoms with E-state index in [0.717, 1.165) is 0 Å². The van der Waals surface area contributed by atoms with Gasteiger partial charge in [0.25, 0.3) is 0 Å². The quantitative estimate of drug-likeness (QED) is 0.275. The van der Waals surface area contributed by atoms with Crippen molar-refractivity contribution < 1.29 is 14.6 Å². The van der Waals surface area contributed by atoms with Crippen molar-refractivity contribution in [1.29, 1.82) is 0 Å². The Morgan fingerprint density at radius 2 is 2.21 bits per heavy atom. The third-order valence-electron chi connectivity index (χ3n) is 3.75. The van der Waals surface area contributed by atoms with Crippen molar-refractivity contribution in [2.75, 3.05) is 13.8 Å². The largest absolute Gasteiger partial charge is 0.497 e. The van der Waals surface area contributed by atoms with Crippen LogP contribution in [0.5, 0.6) is 5.75 Å². The van der Waals surface area contributed by atoms with Crippen LogP contribution in [0, 0.1) is 17.9 Å². The third-order valence-corrected chi connectivity index (χ3v) is 3.75. The first-order valence-electron chi connectivity index (χ1n) is 7.25. The summed E-state index contributed by atoms with van der Waals surface area (Å²) < 4.78 is 10.4. The van der Waals surface area contributed by atoms with Crippen LogP contribution in [0.15, 0.2) is 53.4 Å². The van der Waals surface area contributed by atoms with Crippen molar-refractivity contribution >= 4 is 0 Å². The Morgan fingerprint density at radius 1 is 1.46 bits per heavy atom. The molecule has 7 nitrogen and oxygen atoms in total. The predicted molar refractivity (Wildman–Crippen MR) is 89.3 cm³/mol. The Hall–Kier alpha value is -3.07. The second-order valence-corrected chi connectivity index (χ2v) is 5.08. The summed E-state index contributed by atoms with van der Waals surface area (Å²) in [5, 5.41) is 14.4. The fraction of sp³-hybridized carbons (Fsp3) is 0.294. The number of hydrogen-bond donors (Lipinski definition) is 2. The van der Waals surface area contributed by atoms with Crippen molar-refractivity contribution in [2.24, 2.45) is 16.8 Å². The fourth-order valence-electron chi connectivity index (χ4n) is 2.48. The minimum atomic E-state index is -1.43. The van der Waals surface area contributed by atoms with E-state index in [9.17, 15) is 5.11 Å². The van der Waals surface area contributed by atoms with E-state index in [-0.39, 0.29) is 12.6 Å². The molecule has 0 spiro atoms. The minimum absolute atomic E-state index is 0.0807. The van der Waals surface area contributed by atoms with Gasteiger partial charge in [0.1, 0.15) is 11.5 Å². The normalized spacial score (nSPS) is 18.2. The molecule has 1 aromatic carbocycles. The molecular formula is C17H18N4O3. The van der Waals surface area contributed by atoms with Gasteiger partial charge in [-0.05, 0) is 47.7 Å². The molecule has 124 valence electrons. The number of azide groups is 1. The van der Waals surface area contributed by atoms with Crippen LogP contribution in [-0.4, -0.2) is 18.9 Å². The van der Waals surface area contributed by atoms with Gasteiger partial charge in [-0.15, -0.1) is 0 Å². The zero-order valence-electron chi connectivity index (χ0n) is 13.2. The lowest BCUT2D eigenvalue weighted by molar-refractivity contribution is 0.0542.